The molecule has 1 N–H and O–H groups in total. The van der Waals surface area contributed by atoms with Gasteiger partial charge in [0.2, 0.25) is 0 Å². The Kier molecular flexibility index (Phi) is 7.27. The van der Waals surface area contributed by atoms with Crippen molar-refractivity contribution in [3.05, 3.63) is 58.1 Å². The molecule has 28 heavy (non-hydrogen) atoms. The molecular formula is C17H14F2N2O6S. The summed E-state index contributed by atoms with van der Waals surface area (Å²) < 4.78 is 35.0. The highest BCUT2D eigenvalue weighted by atomic mass is 32.2. The number of esters is 1. The lowest BCUT2D eigenvalue weighted by Gasteiger charge is -2.11. The lowest BCUT2D eigenvalue weighted by Crippen LogP contribution is -2.21. The van der Waals surface area contributed by atoms with Gasteiger partial charge in [0.1, 0.15) is 5.75 Å². The van der Waals surface area contributed by atoms with Gasteiger partial charge in [-0.1, -0.05) is 23.9 Å². The number of methoxy groups -OCH3 is 1. The number of nitrogens with one attached hydrogen (secondary N) is 1. The van der Waals surface area contributed by atoms with Crippen LogP contribution in [0.1, 0.15) is 10.4 Å². The SMILES string of the molecule is COc1ccc([N+](=O)[O-])cc1NC(=O)COC(=O)c1ccccc1SC(F)F. The van der Waals surface area contributed by atoms with E-state index >= 15 is 0 Å². The van der Waals surface area contributed by atoms with Crippen molar-refractivity contribution in [2.75, 3.05) is 19.0 Å². The molecule has 0 aliphatic rings. The first-order valence-corrected chi connectivity index (χ1v) is 8.53. The van der Waals surface area contributed by atoms with Gasteiger partial charge >= 0.3 is 5.97 Å². The third-order valence-electron chi connectivity index (χ3n) is 3.33. The Labute approximate surface area is 162 Å². The zero-order chi connectivity index (χ0) is 20.7. The van der Waals surface area contributed by atoms with E-state index < -0.39 is 29.2 Å². The number of non-ortho nitro benzene ring substituents is 1. The molecule has 11 heteroatoms. The molecule has 2 aromatic rings. The van der Waals surface area contributed by atoms with Gasteiger partial charge in [0.25, 0.3) is 17.4 Å². The molecule has 0 saturated heterocycles. The van der Waals surface area contributed by atoms with Gasteiger partial charge in [0, 0.05) is 17.0 Å². The Morgan fingerprint density at radius 3 is 2.61 bits per heavy atom. The van der Waals surface area contributed by atoms with E-state index in [1.165, 1.54) is 43.5 Å². The van der Waals surface area contributed by atoms with E-state index in [0.717, 1.165) is 6.07 Å². The standard InChI is InChI=1S/C17H14F2N2O6S/c1-26-13-7-6-10(21(24)25)8-12(13)20-15(22)9-27-16(23)11-4-2-3-5-14(11)28-17(18)19/h2-8,17H,9H2,1H3,(H,20,22). The van der Waals surface area contributed by atoms with E-state index in [1.54, 1.807) is 0 Å². The van der Waals surface area contributed by atoms with Crippen LogP contribution < -0.4 is 10.1 Å². The van der Waals surface area contributed by atoms with Gasteiger partial charge in [-0.05, 0) is 18.2 Å². The van der Waals surface area contributed by atoms with Gasteiger partial charge in [-0.2, -0.15) is 8.78 Å². The van der Waals surface area contributed by atoms with Crippen LogP contribution in [-0.2, 0) is 9.53 Å². The van der Waals surface area contributed by atoms with Crippen molar-refractivity contribution in [3.63, 3.8) is 0 Å². The second kappa shape index (κ2) is 9.65. The van der Waals surface area contributed by atoms with E-state index in [4.69, 9.17) is 9.47 Å². The number of hydrogen-bond acceptors (Lipinski definition) is 7. The van der Waals surface area contributed by atoms with Gasteiger partial charge in [0.05, 0.1) is 23.3 Å². The van der Waals surface area contributed by atoms with Crippen molar-refractivity contribution in [1.82, 2.24) is 0 Å². The monoisotopic (exact) mass is 412 g/mol. The number of alkyl halides is 2. The highest BCUT2D eigenvalue weighted by Gasteiger charge is 2.18. The van der Waals surface area contributed by atoms with Gasteiger partial charge < -0.3 is 14.8 Å². The van der Waals surface area contributed by atoms with Gasteiger partial charge in [-0.15, -0.1) is 0 Å². The number of amides is 1. The number of nitro groups is 1. The second-order valence-corrected chi connectivity index (χ2v) is 6.17. The average molecular weight is 412 g/mol. The summed E-state index contributed by atoms with van der Waals surface area (Å²) in [6.45, 7) is -0.724. The maximum absolute atomic E-state index is 12.6. The van der Waals surface area contributed by atoms with Crippen molar-refractivity contribution in [2.24, 2.45) is 0 Å². The minimum Gasteiger partial charge on any atom is -0.495 e. The maximum atomic E-state index is 12.6. The van der Waals surface area contributed by atoms with E-state index in [0.29, 0.717) is 0 Å². The number of hydrogen-bond donors (Lipinski definition) is 1. The van der Waals surface area contributed by atoms with Crippen molar-refractivity contribution in [2.45, 2.75) is 10.7 Å². The molecule has 0 bridgehead atoms. The lowest BCUT2D eigenvalue weighted by molar-refractivity contribution is -0.384. The summed E-state index contributed by atoms with van der Waals surface area (Å²) in [6, 6.07) is 9.19. The molecule has 2 aromatic carbocycles. The number of anilines is 1. The van der Waals surface area contributed by atoms with Crippen LogP contribution in [0, 0.1) is 10.1 Å². The molecule has 0 aliphatic carbocycles. The Bertz CT molecular complexity index is 894. The molecule has 0 aromatic heterocycles. The Hall–Kier alpha value is -3.21. The number of carbonyl (C=O) groups is 2. The molecule has 2 rings (SSSR count). The molecule has 0 atom stereocenters. The van der Waals surface area contributed by atoms with Gasteiger partial charge in [0.15, 0.2) is 6.61 Å². The number of nitro benzene ring substituents is 1. The molecule has 0 heterocycles. The zero-order valence-electron chi connectivity index (χ0n) is 14.4. The van der Waals surface area contributed by atoms with Crippen LogP contribution in [0.15, 0.2) is 47.4 Å². The summed E-state index contributed by atoms with van der Waals surface area (Å²) in [7, 11) is 1.31. The summed E-state index contributed by atoms with van der Waals surface area (Å²) in [5.74, 6) is -4.29. The van der Waals surface area contributed by atoms with Crippen LogP contribution in [0.4, 0.5) is 20.2 Å². The predicted molar refractivity (Wildman–Crippen MR) is 96.9 cm³/mol. The third kappa shape index (κ3) is 5.64. The topological polar surface area (TPSA) is 108 Å². The normalized spacial score (nSPS) is 10.4. The summed E-state index contributed by atoms with van der Waals surface area (Å²) in [6.07, 6.45) is 0. The van der Waals surface area contributed by atoms with Crippen LogP contribution in [-0.4, -0.2) is 36.3 Å². The number of ether oxygens (including phenoxy) is 2. The Balaban J connectivity index is 2.04. The minimum absolute atomic E-state index is 0.0169. The predicted octanol–water partition coefficient (Wildman–Crippen LogP) is 3.71. The molecule has 0 aliphatic heterocycles. The summed E-state index contributed by atoms with van der Waals surface area (Å²) in [4.78, 5) is 34.3. The van der Waals surface area contributed by atoms with Crippen LogP contribution in [0.2, 0.25) is 0 Å². The van der Waals surface area contributed by atoms with E-state index in [-0.39, 0.29) is 39.3 Å². The first-order chi connectivity index (χ1) is 13.3. The average Bonchev–Trinajstić information content (AvgIpc) is 2.66. The van der Waals surface area contributed by atoms with Crippen molar-refractivity contribution in [1.29, 1.82) is 0 Å². The smallest absolute Gasteiger partial charge is 0.339 e. The first-order valence-electron chi connectivity index (χ1n) is 7.65. The highest BCUT2D eigenvalue weighted by Crippen LogP contribution is 2.30. The summed E-state index contributed by atoms with van der Waals surface area (Å²) in [5.41, 5.74) is -0.356. The number of halogens is 2. The van der Waals surface area contributed by atoms with Crippen LogP contribution in [0.5, 0.6) is 5.75 Å². The van der Waals surface area contributed by atoms with Gasteiger partial charge in [-0.25, -0.2) is 4.79 Å². The second-order valence-electron chi connectivity index (χ2n) is 5.14. The Morgan fingerprint density at radius 1 is 1.25 bits per heavy atom. The zero-order valence-corrected chi connectivity index (χ0v) is 15.2. The van der Waals surface area contributed by atoms with Crippen molar-refractivity contribution >= 4 is 35.0 Å². The summed E-state index contributed by atoms with van der Waals surface area (Å²) >= 11 is 0.184. The largest absolute Gasteiger partial charge is 0.495 e. The number of nitrogens with zero attached hydrogens (tertiary/aromatic N) is 1. The van der Waals surface area contributed by atoms with E-state index in [2.05, 4.69) is 5.32 Å². The van der Waals surface area contributed by atoms with Crippen LogP contribution >= 0.6 is 11.8 Å². The molecule has 1 amide bonds. The third-order valence-corrected chi connectivity index (χ3v) is 4.11. The van der Waals surface area contributed by atoms with Crippen LogP contribution in [0.25, 0.3) is 0 Å². The van der Waals surface area contributed by atoms with Crippen LogP contribution in [0.3, 0.4) is 0 Å². The fraction of sp³-hybridized carbons (Fsp3) is 0.176. The molecule has 0 fully saturated rings. The minimum atomic E-state index is -2.72. The molecule has 0 saturated carbocycles. The highest BCUT2D eigenvalue weighted by molar-refractivity contribution is 7.99. The quantitative estimate of drug-likeness (QED) is 0.305. The molecule has 8 nitrogen and oxygen atoms in total. The molecule has 148 valence electrons. The van der Waals surface area contributed by atoms with Crippen molar-refractivity contribution < 1.29 is 32.8 Å². The maximum Gasteiger partial charge on any atom is 0.339 e. The number of rotatable bonds is 8. The molecular weight excluding hydrogens is 398 g/mol. The molecule has 0 spiro atoms. The van der Waals surface area contributed by atoms with E-state index in [9.17, 15) is 28.5 Å². The first kappa shape index (κ1) is 21.1. The summed E-state index contributed by atoms with van der Waals surface area (Å²) in [5, 5.41) is 13.2. The molecule has 0 radical (unpaired) electrons. The van der Waals surface area contributed by atoms with Crippen molar-refractivity contribution in [3.8, 4) is 5.75 Å². The lowest BCUT2D eigenvalue weighted by atomic mass is 10.2. The number of carbonyl (C=O) groups excluding carboxylic acids is 2. The number of thioether (sulfide) groups is 1. The fourth-order valence-electron chi connectivity index (χ4n) is 2.14. The molecule has 0 unspecified atom stereocenters. The van der Waals surface area contributed by atoms with Gasteiger partial charge in [-0.3, -0.25) is 14.9 Å². The van der Waals surface area contributed by atoms with E-state index in [1.807, 2.05) is 0 Å². The number of benzene rings is 2. The Morgan fingerprint density at radius 2 is 1.96 bits per heavy atom. The fourth-order valence-corrected chi connectivity index (χ4v) is 2.76.